The van der Waals surface area contributed by atoms with Gasteiger partial charge in [-0.15, -0.1) is 11.3 Å². The number of thiophene rings is 1. The van der Waals surface area contributed by atoms with E-state index < -0.39 is 6.61 Å². The Morgan fingerprint density at radius 3 is 2.62 bits per heavy atom. The summed E-state index contributed by atoms with van der Waals surface area (Å²) >= 11 is 1.30. The van der Waals surface area contributed by atoms with Crippen molar-refractivity contribution in [3.8, 4) is 28.0 Å². The van der Waals surface area contributed by atoms with E-state index in [0.717, 1.165) is 16.0 Å². The van der Waals surface area contributed by atoms with Crippen LogP contribution in [-0.2, 0) is 6.54 Å². The Balaban J connectivity index is 1.60. The number of nitrogens with one attached hydrogen (secondary N) is 1. The van der Waals surface area contributed by atoms with Crippen LogP contribution in [-0.4, -0.2) is 19.1 Å². The molecule has 5 nitrogen and oxygen atoms in total. The van der Waals surface area contributed by atoms with Gasteiger partial charge in [-0.3, -0.25) is 4.79 Å². The lowest BCUT2D eigenvalue weighted by Gasteiger charge is -2.06. The van der Waals surface area contributed by atoms with Gasteiger partial charge in [0.1, 0.15) is 17.6 Å². The number of hydrogen-bond acceptors (Lipinski definition) is 5. The second-order valence-corrected chi connectivity index (χ2v) is 6.93. The third-order valence-corrected chi connectivity index (χ3v) is 4.98. The van der Waals surface area contributed by atoms with Gasteiger partial charge >= 0.3 is 6.61 Å². The lowest BCUT2D eigenvalue weighted by Crippen LogP contribution is -2.21. The van der Waals surface area contributed by atoms with Gasteiger partial charge in [0.2, 0.25) is 0 Å². The van der Waals surface area contributed by atoms with E-state index in [0.29, 0.717) is 17.2 Å². The van der Waals surface area contributed by atoms with Crippen LogP contribution in [0.5, 0.6) is 11.5 Å². The summed E-state index contributed by atoms with van der Waals surface area (Å²) in [4.78, 5) is 13.8. The largest absolute Gasteiger partial charge is 0.479 e. The van der Waals surface area contributed by atoms with Gasteiger partial charge in [-0.05, 0) is 59.7 Å². The first-order valence-corrected chi connectivity index (χ1v) is 9.39. The number of halogens is 2. The summed E-state index contributed by atoms with van der Waals surface area (Å²) in [5, 5.41) is 11.4. The number of alkyl halides is 2. The first-order valence-electron chi connectivity index (χ1n) is 8.57. The normalized spacial score (nSPS) is 10.4. The lowest BCUT2D eigenvalue weighted by atomic mass is 10.2. The van der Waals surface area contributed by atoms with Gasteiger partial charge in [-0.25, -0.2) is 0 Å². The summed E-state index contributed by atoms with van der Waals surface area (Å²) < 4.78 is 34.0. The Kier molecular flexibility index (Phi) is 6.76. The van der Waals surface area contributed by atoms with Crippen LogP contribution < -0.4 is 14.8 Å². The molecule has 0 radical (unpaired) electrons. The third-order valence-electron chi connectivity index (χ3n) is 3.85. The monoisotopic (exact) mass is 414 g/mol. The molecule has 2 aromatic carbocycles. The van der Waals surface area contributed by atoms with Gasteiger partial charge in [0.05, 0.1) is 4.88 Å². The van der Waals surface area contributed by atoms with E-state index in [1.54, 1.807) is 42.5 Å². The molecule has 0 saturated heterocycles. The van der Waals surface area contributed by atoms with Crippen LogP contribution in [0.1, 0.15) is 15.2 Å². The zero-order valence-corrected chi connectivity index (χ0v) is 15.9. The van der Waals surface area contributed by atoms with Crippen LogP contribution in [0.15, 0.2) is 60.7 Å². The van der Waals surface area contributed by atoms with Crippen molar-refractivity contribution in [2.45, 2.75) is 13.2 Å². The van der Waals surface area contributed by atoms with Gasteiger partial charge < -0.3 is 14.8 Å². The van der Waals surface area contributed by atoms with Crippen LogP contribution in [0.2, 0.25) is 0 Å². The van der Waals surface area contributed by atoms with Gasteiger partial charge in [0, 0.05) is 11.4 Å². The van der Waals surface area contributed by atoms with Crippen molar-refractivity contribution in [3.05, 3.63) is 71.1 Å². The van der Waals surface area contributed by atoms with Crippen molar-refractivity contribution in [1.82, 2.24) is 5.32 Å². The van der Waals surface area contributed by atoms with Crippen LogP contribution in [0, 0.1) is 11.3 Å². The summed E-state index contributed by atoms with van der Waals surface area (Å²) in [6.45, 7) is -2.59. The van der Waals surface area contributed by atoms with E-state index in [1.807, 2.05) is 12.1 Å². The summed E-state index contributed by atoms with van der Waals surface area (Å²) in [5.41, 5.74) is 1.65. The highest BCUT2D eigenvalue weighted by molar-refractivity contribution is 7.17. The second-order valence-electron chi connectivity index (χ2n) is 5.84. The molecular formula is C21H16F2N2O3S. The number of benzene rings is 2. The number of ether oxygens (including phenoxy) is 2. The molecule has 3 rings (SSSR count). The van der Waals surface area contributed by atoms with E-state index >= 15 is 0 Å². The summed E-state index contributed by atoms with van der Waals surface area (Å²) in [7, 11) is 0. The number of amides is 1. The molecule has 0 bridgehead atoms. The molecule has 0 aliphatic heterocycles. The zero-order chi connectivity index (χ0) is 20.6. The topological polar surface area (TPSA) is 71.3 Å². The Hall–Kier alpha value is -3.44. The zero-order valence-electron chi connectivity index (χ0n) is 15.1. The Bertz CT molecular complexity index is 1010. The van der Waals surface area contributed by atoms with E-state index in [1.165, 1.54) is 23.5 Å². The minimum absolute atomic E-state index is 0.0387. The maximum Gasteiger partial charge on any atom is 0.387 e. The first kappa shape index (κ1) is 20.3. The predicted octanol–water partition coefficient (Wildman–Crippen LogP) is 4.85. The van der Waals surface area contributed by atoms with Crippen molar-refractivity contribution >= 4 is 17.2 Å². The van der Waals surface area contributed by atoms with Crippen molar-refractivity contribution in [2.75, 3.05) is 6.61 Å². The fourth-order valence-electron chi connectivity index (χ4n) is 2.55. The van der Waals surface area contributed by atoms with Crippen LogP contribution in [0.3, 0.4) is 0 Å². The smallest absolute Gasteiger partial charge is 0.387 e. The average Bonchev–Trinajstić information content (AvgIpc) is 3.21. The van der Waals surface area contributed by atoms with Gasteiger partial charge in [-0.2, -0.15) is 14.0 Å². The minimum atomic E-state index is -2.86. The lowest BCUT2D eigenvalue weighted by molar-refractivity contribution is -0.0498. The van der Waals surface area contributed by atoms with Crippen molar-refractivity contribution < 1.29 is 23.0 Å². The molecule has 29 heavy (non-hydrogen) atoms. The molecule has 0 saturated carbocycles. The average molecular weight is 414 g/mol. The molecule has 0 atom stereocenters. The van der Waals surface area contributed by atoms with Crippen LogP contribution in [0.25, 0.3) is 10.4 Å². The van der Waals surface area contributed by atoms with Crippen LogP contribution in [0.4, 0.5) is 8.78 Å². The van der Waals surface area contributed by atoms with Crippen LogP contribution >= 0.6 is 11.3 Å². The SMILES string of the molecule is N#CCOc1cccc(CNC(=O)c2ccc(-c3ccc(OC(F)F)cc3)s2)c1. The maximum absolute atomic E-state index is 12.4. The van der Waals surface area contributed by atoms with E-state index in [9.17, 15) is 13.6 Å². The third kappa shape index (κ3) is 5.77. The molecular weight excluding hydrogens is 398 g/mol. The maximum atomic E-state index is 12.4. The molecule has 0 unspecified atom stereocenters. The number of rotatable bonds is 8. The highest BCUT2D eigenvalue weighted by Gasteiger charge is 2.11. The number of nitrogens with zero attached hydrogens (tertiary/aromatic N) is 1. The molecule has 3 aromatic rings. The van der Waals surface area contributed by atoms with E-state index in [-0.39, 0.29) is 18.3 Å². The number of carbonyl (C=O) groups is 1. The van der Waals surface area contributed by atoms with Crippen molar-refractivity contribution in [1.29, 1.82) is 5.26 Å². The van der Waals surface area contributed by atoms with E-state index in [4.69, 9.17) is 10.00 Å². The highest BCUT2D eigenvalue weighted by Crippen LogP contribution is 2.30. The molecule has 0 spiro atoms. The number of carbonyl (C=O) groups excluding carboxylic acids is 1. The van der Waals surface area contributed by atoms with Gasteiger partial charge in [0.15, 0.2) is 6.61 Å². The van der Waals surface area contributed by atoms with Crippen molar-refractivity contribution in [3.63, 3.8) is 0 Å². The summed E-state index contributed by atoms with van der Waals surface area (Å²) in [6.07, 6.45) is 0. The molecule has 8 heteroatoms. The summed E-state index contributed by atoms with van der Waals surface area (Å²) in [6, 6.07) is 18.8. The Morgan fingerprint density at radius 2 is 1.90 bits per heavy atom. The molecule has 1 N–H and O–H groups in total. The molecule has 1 heterocycles. The number of hydrogen-bond donors (Lipinski definition) is 1. The molecule has 0 aliphatic rings. The number of nitriles is 1. The molecule has 0 fully saturated rings. The standard InChI is InChI=1S/C21H16F2N2O3S/c22-21(23)28-16-6-4-15(5-7-16)18-8-9-19(29-18)20(26)25-13-14-2-1-3-17(12-14)27-11-10-24/h1-9,12,21H,11,13H2,(H,25,26). The first-order chi connectivity index (χ1) is 14.0. The van der Waals surface area contributed by atoms with Gasteiger partial charge in [-0.1, -0.05) is 12.1 Å². The molecule has 148 valence electrons. The summed E-state index contributed by atoms with van der Waals surface area (Å²) in [5.74, 6) is 0.428. The van der Waals surface area contributed by atoms with Gasteiger partial charge in [0.25, 0.3) is 5.91 Å². The highest BCUT2D eigenvalue weighted by atomic mass is 32.1. The second kappa shape index (κ2) is 9.66. The fraction of sp³-hybridized carbons (Fsp3) is 0.143. The quantitative estimate of drug-likeness (QED) is 0.572. The predicted molar refractivity (Wildman–Crippen MR) is 105 cm³/mol. The molecule has 1 amide bonds. The Labute approximate surface area is 170 Å². The molecule has 1 aromatic heterocycles. The Morgan fingerprint density at radius 1 is 1.10 bits per heavy atom. The fourth-order valence-corrected chi connectivity index (χ4v) is 3.47. The molecule has 0 aliphatic carbocycles. The van der Waals surface area contributed by atoms with Crippen molar-refractivity contribution in [2.24, 2.45) is 0 Å². The van der Waals surface area contributed by atoms with E-state index in [2.05, 4.69) is 10.1 Å². The minimum Gasteiger partial charge on any atom is -0.479 e.